The van der Waals surface area contributed by atoms with Crippen molar-refractivity contribution >= 4 is 38.1 Å². The predicted octanol–water partition coefficient (Wildman–Crippen LogP) is 3.35. The molecule has 0 saturated carbocycles. The summed E-state index contributed by atoms with van der Waals surface area (Å²) >= 11 is 1.44. The van der Waals surface area contributed by atoms with E-state index in [0.717, 1.165) is 62.1 Å². The molecule has 0 bridgehead atoms. The highest BCUT2D eigenvalue weighted by atomic mass is 32.2. The molecule has 34 heavy (non-hydrogen) atoms. The number of aromatic nitrogens is 2. The zero-order valence-electron chi connectivity index (χ0n) is 19.8. The SMILES string of the molecule is CC(C)Cc1nsc(N2CCC(N3CCC[C@H](Nc4ccc(S(C)(=O)=O)cc4F)C3=O)CC2)n1. The molecule has 1 atom stereocenters. The number of anilines is 2. The van der Waals surface area contributed by atoms with Crippen molar-refractivity contribution in [3.05, 3.63) is 29.8 Å². The number of hydrogen-bond donors (Lipinski definition) is 1. The van der Waals surface area contributed by atoms with Crippen LogP contribution in [-0.4, -0.2) is 66.6 Å². The molecule has 2 aliphatic heterocycles. The zero-order chi connectivity index (χ0) is 24.5. The molecule has 4 rings (SSSR count). The lowest BCUT2D eigenvalue weighted by atomic mass is 9.97. The fourth-order valence-corrected chi connectivity index (χ4v) is 6.00. The molecule has 11 heteroatoms. The van der Waals surface area contributed by atoms with E-state index in [2.05, 4.69) is 33.4 Å². The Bertz CT molecular complexity index is 1130. The van der Waals surface area contributed by atoms with Gasteiger partial charge in [-0.15, -0.1) is 0 Å². The third-order valence-electron chi connectivity index (χ3n) is 6.40. The van der Waals surface area contributed by atoms with Crippen molar-refractivity contribution in [2.45, 2.75) is 62.9 Å². The van der Waals surface area contributed by atoms with Gasteiger partial charge in [0.05, 0.1) is 10.6 Å². The molecule has 2 aliphatic rings. The summed E-state index contributed by atoms with van der Waals surface area (Å²) in [7, 11) is -3.49. The summed E-state index contributed by atoms with van der Waals surface area (Å²) in [5, 5.41) is 3.96. The van der Waals surface area contributed by atoms with Crippen LogP contribution in [0.3, 0.4) is 0 Å². The Kier molecular flexibility index (Phi) is 7.42. The standard InChI is InChI=1S/C23H32FN5O3S2/c1-15(2)13-21-26-23(33-27-21)28-11-8-16(9-12-28)29-10-4-5-20(22(29)30)25-19-7-6-17(14-18(19)24)34(3,31)32/h6-7,14-16,20,25H,4-5,8-13H2,1-3H3/t20-/m0/s1. The molecule has 186 valence electrons. The van der Waals surface area contributed by atoms with Gasteiger partial charge in [0.25, 0.3) is 0 Å². The maximum atomic E-state index is 14.5. The van der Waals surface area contributed by atoms with E-state index in [4.69, 9.17) is 0 Å². The van der Waals surface area contributed by atoms with Crippen molar-refractivity contribution in [3.8, 4) is 0 Å². The van der Waals surface area contributed by atoms with E-state index in [1.54, 1.807) is 0 Å². The molecular weight excluding hydrogens is 477 g/mol. The first-order valence-electron chi connectivity index (χ1n) is 11.8. The fourth-order valence-electron chi connectivity index (χ4n) is 4.62. The molecule has 8 nitrogen and oxygen atoms in total. The molecule has 0 spiro atoms. The number of carbonyl (C=O) groups excluding carboxylic acids is 1. The van der Waals surface area contributed by atoms with Crippen molar-refractivity contribution < 1.29 is 17.6 Å². The summed E-state index contributed by atoms with van der Waals surface area (Å²) in [5.41, 5.74) is 0.149. The maximum Gasteiger partial charge on any atom is 0.245 e. The van der Waals surface area contributed by atoms with Crippen LogP contribution < -0.4 is 10.2 Å². The van der Waals surface area contributed by atoms with Gasteiger partial charge in [0, 0.05) is 49.9 Å². The van der Waals surface area contributed by atoms with Crippen LogP contribution >= 0.6 is 11.5 Å². The van der Waals surface area contributed by atoms with Crippen LogP contribution in [0, 0.1) is 11.7 Å². The number of hydrogen-bond acceptors (Lipinski definition) is 8. The monoisotopic (exact) mass is 509 g/mol. The molecule has 3 heterocycles. The Balaban J connectivity index is 1.36. The highest BCUT2D eigenvalue weighted by Gasteiger charge is 2.35. The third-order valence-corrected chi connectivity index (χ3v) is 8.32. The van der Waals surface area contributed by atoms with Gasteiger partial charge in [0.2, 0.25) is 11.0 Å². The quantitative estimate of drug-likeness (QED) is 0.612. The fraction of sp³-hybridized carbons (Fsp3) is 0.609. The van der Waals surface area contributed by atoms with Crippen LogP contribution in [0.4, 0.5) is 15.2 Å². The molecule has 1 amide bonds. The van der Waals surface area contributed by atoms with Crippen molar-refractivity contribution in [1.82, 2.24) is 14.3 Å². The van der Waals surface area contributed by atoms with Gasteiger partial charge >= 0.3 is 0 Å². The number of piperidine rings is 2. The lowest BCUT2D eigenvalue weighted by Gasteiger charge is -2.42. The average Bonchev–Trinajstić information content (AvgIpc) is 3.23. The highest BCUT2D eigenvalue weighted by molar-refractivity contribution is 7.90. The van der Waals surface area contributed by atoms with Crippen LogP contribution in [-0.2, 0) is 21.1 Å². The van der Waals surface area contributed by atoms with Crippen molar-refractivity contribution in [2.24, 2.45) is 5.92 Å². The van der Waals surface area contributed by atoms with Gasteiger partial charge in [-0.1, -0.05) is 13.8 Å². The first kappa shape index (κ1) is 24.8. The van der Waals surface area contributed by atoms with Crippen LogP contribution in [0.15, 0.2) is 23.1 Å². The molecule has 0 radical (unpaired) electrons. The van der Waals surface area contributed by atoms with E-state index in [0.29, 0.717) is 18.9 Å². The Morgan fingerprint density at radius 3 is 2.59 bits per heavy atom. The second-order valence-corrected chi connectivity index (χ2v) is 12.3. The average molecular weight is 510 g/mol. The Labute approximate surface area is 204 Å². The molecule has 2 saturated heterocycles. The molecule has 1 N–H and O–H groups in total. The zero-order valence-corrected chi connectivity index (χ0v) is 21.5. The largest absolute Gasteiger partial charge is 0.371 e. The second kappa shape index (κ2) is 10.2. The number of halogens is 1. The second-order valence-electron chi connectivity index (χ2n) is 9.59. The van der Waals surface area contributed by atoms with Gasteiger partial charge < -0.3 is 15.1 Å². The van der Waals surface area contributed by atoms with E-state index in [9.17, 15) is 17.6 Å². The number of nitrogens with zero attached hydrogens (tertiary/aromatic N) is 4. The van der Waals surface area contributed by atoms with Crippen molar-refractivity contribution in [3.63, 3.8) is 0 Å². The summed E-state index contributed by atoms with van der Waals surface area (Å²) in [4.78, 5) is 22.0. The minimum atomic E-state index is -3.49. The Morgan fingerprint density at radius 2 is 1.94 bits per heavy atom. The number of sulfone groups is 1. The minimum absolute atomic E-state index is 0.0218. The molecule has 2 aromatic rings. The summed E-state index contributed by atoms with van der Waals surface area (Å²) in [6, 6.07) is 3.38. The number of amides is 1. The van der Waals surface area contributed by atoms with Gasteiger partial charge in [-0.05, 0) is 49.8 Å². The number of carbonyl (C=O) groups is 1. The normalized spacial score (nSPS) is 20.3. The van der Waals surface area contributed by atoms with Crippen LogP contribution in [0.5, 0.6) is 0 Å². The smallest absolute Gasteiger partial charge is 0.245 e. The Morgan fingerprint density at radius 1 is 1.21 bits per heavy atom. The van der Waals surface area contributed by atoms with E-state index in [-0.39, 0.29) is 22.5 Å². The molecule has 2 fully saturated rings. The lowest BCUT2D eigenvalue weighted by Crippen LogP contribution is -2.54. The molecule has 1 aromatic carbocycles. The number of rotatable bonds is 7. The van der Waals surface area contributed by atoms with Gasteiger partial charge in [0.15, 0.2) is 9.84 Å². The topological polar surface area (TPSA) is 95.5 Å². The molecule has 0 aliphatic carbocycles. The summed E-state index contributed by atoms with van der Waals surface area (Å²) < 4.78 is 42.3. The van der Waals surface area contributed by atoms with Crippen molar-refractivity contribution in [1.29, 1.82) is 0 Å². The van der Waals surface area contributed by atoms with Crippen LogP contribution in [0.1, 0.15) is 45.4 Å². The first-order valence-corrected chi connectivity index (χ1v) is 14.4. The Hall–Kier alpha value is -2.27. The van der Waals surface area contributed by atoms with Gasteiger partial charge in [-0.2, -0.15) is 4.37 Å². The predicted molar refractivity (Wildman–Crippen MR) is 132 cm³/mol. The van der Waals surface area contributed by atoms with Crippen LogP contribution in [0.2, 0.25) is 0 Å². The highest BCUT2D eigenvalue weighted by Crippen LogP contribution is 2.28. The summed E-state index contributed by atoms with van der Waals surface area (Å²) in [6.07, 6.45) is 5.08. The summed E-state index contributed by atoms with van der Waals surface area (Å²) in [5.74, 6) is 0.724. The first-order chi connectivity index (χ1) is 16.1. The number of benzene rings is 1. The van der Waals surface area contributed by atoms with E-state index in [1.165, 1.54) is 23.7 Å². The van der Waals surface area contributed by atoms with E-state index < -0.39 is 21.7 Å². The van der Waals surface area contributed by atoms with E-state index in [1.807, 2.05) is 4.90 Å². The number of nitrogens with one attached hydrogen (secondary N) is 1. The maximum absolute atomic E-state index is 14.5. The molecule has 1 aromatic heterocycles. The lowest BCUT2D eigenvalue weighted by molar-refractivity contribution is -0.137. The van der Waals surface area contributed by atoms with Gasteiger partial charge in [-0.25, -0.2) is 17.8 Å². The van der Waals surface area contributed by atoms with Gasteiger partial charge in [-0.3, -0.25) is 4.79 Å². The van der Waals surface area contributed by atoms with E-state index >= 15 is 0 Å². The molecule has 0 unspecified atom stereocenters. The minimum Gasteiger partial charge on any atom is -0.371 e. The van der Waals surface area contributed by atoms with Crippen LogP contribution in [0.25, 0.3) is 0 Å². The summed E-state index contributed by atoms with van der Waals surface area (Å²) in [6.45, 7) is 6.66. The van der Waals surface area contributed by atoms with Crippen molar-refractivity contribution in [2.75, 3.05) is 36.1 Å². The number of likely N-dealkylation sites (tertiary alicyclic amines) is 1. The molecular formula is C23H32FN5O3S2. The third kappa shape index (κ3) is 5.68. The van der Waals surface area contributed by atoms with Gasteiger partial charge in [0.1, 0.15) is 17.7 Å².